The number of para-hydroxylation sites is 1. The lowest BCUT2D eigenvalue weighted by Crippen LogP contribution is -2.46. The molecular weight excluding hydrogens is 228 g/mol. The molecule has 0 aromatic heterocycles. The van der Waals surface area contributed by atoms with Crippen molar-refractivity contribution in [1.29, 1.82) is 0 Å². The van der Waals surface area contributed by atoms with Gasteiger partial charge in [0.1, 0.15) is 12.4 Å². The van der Waals surface area contributed by atoms with E-state index < -0.39 is 6.04 Å². The van der Waals surface area contributed by atoms with E-state index in [4.69, 9.17) is 10.5 Å². The van der Waals surface area contributed by atoms with Gasteiger partial charge in [-0.15, -0.1) is 0 Å². The van der Waals surface area contributed by atoms with Crippen LogP contribution in [0.4, 0.5) is 0 Å². The molecule has 0 bridgehead atoms. The maximum atomic E-state index is 12.0. The van der Waals surface area contributed by atoms with Crippen molar-refractivity contribution in [3.63, 3.8) is 0 Å². The molecule has 0 radical (unpaired) electrons. The summed E-state index contributed by atoms with van der Waals surface area (Å²) in [4.78, 5) is 12.0. The van der Waals surface area contributed by atoms with Gasteiger partial charge in [0.25, 0.3) is 0 Å². The molecule has 1 amide bonds. The minimum Gasteiger partial charge on any atom is -0.491 e. The first-order chi connectivity index (χ1) is 8.63. The summed E-state index contributed by atoms with van der Waals surface area (Å²) in [5, 5.41) is 2.96. The lowest BCUT2D eigenvalue weighted by Gasteiger charge is -2.20. The number of nitrogens with two attached hydrogens (primary N) is 1. The molecule has 18 heavy (non-hydrogen) atoms. The van der Waals surface area contributed by atoms with E-state index in [0.29, 0.717) is 6.61 Å². The van der Waals surface area contributed by atoms with E-state index in [1.54, 1.807) is 0 Å². The molecule has 4 nitrogen and oxygen atoms in total. The Morgan fingerprint density at radius 3 is 3.00 bits per heavy atom. The van der Waals surface area contributed by atoms with Gasteiger partial charge < -0.3 is 15.8 Å². The second-order valence-corrected chi connectivity index (χ2v) is 4.82. The van der Waals surface area contributed by atoms with Crippen molar-refractivity contribution in [1.82, 2.24) is 5.32 Å². The number of fused-ring (bicyclic) bond motifs is 1. The number of carbonyl (C=O) groups is 1. The van der Waals surface area contributed by atoms with Crippen LogP contribution in [0.1, 0.15) is 31.9 Å². The van der Waals surface area contributed by atoms with Crippen molar-refractivity contribution in [3.05, 3.63) is 29.8 Å². The van der Waals surface area contributed by atoms with Gasteiger partial charge in [-0.1, -0.05) is 38.5 Å². The van der Waals surface area contributed by atoms with Gasteiger partial charge in [0, 0.05) is 5.56 Å². The smallest absolute Gasteiger partial charge is 0.237 e. The molecule has 1 aliphatic heterocycles. The van der Waals surface area contributed by atoms with Crippen LogP contribution in [0.3, 0.4) is 0 Å². The van der Waals surface area contributed by atoms with Crippen LogP contribution in [0.5, 0.6) is 5.75 Å². The van der Waals surface area contributed by atoms with Gasteiger partial charge >= 0.3 is 0 Å². The maximum absolute atomic E-state index is 12.0. The quantitative estimate of drug-likeness (QED) is 0.851. The molecule has 2 rings (SSSR count). The SMILES string of the molecule is CCC(C)[C@H](N)C(=O)NC1COc2ccccc21. The normalized spacial score (nSPS) is 20.7. The number of nitrogens with one attached hydrogen (secondary N) is 1. The first-order valence-corrected chi connectivity index (χ1v) is 6.41. The third-order valence-electron chi connectivity index (χ3n) is 3.58. The van der Waals surface area contributed by atoms with Gasteiger partial charge in [-0.2, -0.15) is 0 Å². The molecule has 4 heteroatoms. The number of benzene rings is 1. The van der Waals surface area contributed by atoms with Crippen LogP contribution < -0.4 is 15.8 Å². The summed E-state index contributed by atoms with van der Waals surface area (Å²) < 4.78 is 5.52. The van der Waals surface area contributed by atoms with Gasteiger partial charge in [0.05, 0.1) is 12.1 Å². The summed E-state index contributed by atoms with van der Waals surface area (Å²) in [6, 6.07) is 7.22. The van der Waals surface area contributed by atoms with Crippen molar-refractivity contribution in [3.8, 4) is 5.75 Å². The Bertz CT molecular complexity index is 434. The van der Waals surface area contributed by atoms with E-state index >= 15 is 0 Å². The third-order valence-corrected chi connectivity index (χ3v) is 3.58. The minimum atomic E-state index is -0.456. The van der Waals surface area contributed by atoms with Crippen molar-refractivity contribution >= 4 is 5.91 Å². The topological polar surface area (TPSA) is 64.4 Å². The highest BCUT2D eigenvalue weighted by atomic mass is 16.5. The predicted octanol–water partition coefficient (Wildman–Crippen LogP) is 1.61. The molecule has 0 spiro atoms. The van der Waals surface area contributed by atoms with Crippen LogP contribution >= 0.6 is 0 Å². The third kappa shape index (κ3) is 2.48. The molecule has 1 aliphatic rings. The average Bonchev–Trinajstić information content (AvgIpc) is 2.80. The summed E-state index contributed by atoms with van der Waals surface area (Å²) in [6.45, 7) is 4.51. The van der Waals surface area contributed by atoms with E-state index in [0.717, 1.165) is 17.7 Å². The maximum Gasteiger partial charge on any atom is 0.237 e. The first-order valence-electron chi connectivity index (χ1n) is 6.41. The van der Waals surface area contributed by atoms with E-state index in [-0.39, 0.29) is 17.9 Å². The van der Waals surface area contributed by atoms with Crippen LogP contribution in [-0.4, -0.2) is 18.6 Å². The molecular formula is C14H20N2O2. The highest BCUT2D eigenvalue weighted by Gasteiger charge is 2.28. The zero-order chi connectivity index (χ0) is 13.1. The highest BCUT2D eigenvalue weighted by molar-refractivity contribution is 5.82. The Morgan fingerprint density at radius 1 is 1.56 bits per heavy atom. The number of carbonyl (C=O) groups excluding carboxylic acids is 1. The van der Waals surface area contributed by atoms with Crippen molar-refractivity contribution in [2.45, 2.75) is 32.4 Å². The minimum absolute atomic E-state index is 0.0798. The lowest BCUT2D eigenvalue weighted by atomic mass is 9.98. The van der Waals surface area contributed by atoms with Crippen molar-refractivity contribution < 1.29 is 9.53 Å². The predicted molar refractivity (Wildman–Crippen MR) is 70.3 cm³/mol. The zero-order valence-electron chi connectivity index (χ0n) is 10.8. The van der Waals surface area contributed by atoms with Gasteiger partial charge in [-0.3, -0.25) is 4.79 Å². The monoisotopic (exact) mass is 248 g/mol. The van der Waals surface area contributed by atoms with Gasteiger partial charge in [0.2, 0.25) is 5.91 Å². The Morgan fingerprint density at radius 2 is 2.28 bits per heavy atom. The number of ether oxygens (including phenoxy) is 1. The Balaban J connectivity index is 2.02. The molecule has 1 heterocycles. The van der Waals surface area contributed by atoms with E-state index in [1.165, 1.54) is 0 Å². The molecule has 0 fully saturated rings. The van der Waals surface area contributed by atoms with Crippen LogP contribution in [0, 0.1) is 5.92 Å². The molecule has 0 aliphatic carbocycles. The number of hydrogen-bond acceptors (Lipinski definition) is 3. The molecule has 2 unspecified atom stereocenters. The van der Waals surface area contributed by atoms with Crippen LogP contribution in [0.25, 0.3) is 0 Å². The highest BCUT2D eigenvalue weighted by Crippen LogP contribution is 2.31. The Kier molecular flexibility index (Phi) is 3.87. The standard InChI is InChI=1S/C14H20N2O2/c1-3-9(2)13(15)14(17)16-11-8-18-12-7-5-4-6-10(11)12/h4-7,9,11,13H,3,8,15H2,1-2H3,(H,16,17)/t9?,11?,13-/m0/s1. The van der Waals surface area contributed by atoms with Gasteiger partial charge in [-0.05, 0) is 12.0 Å². The summed E-state index contributed by atoms with van der Waals surface area (Å²) in [6.07, 6.45) is 0.895. The molecule has 1 aromatic rings. The van der Waals surface area contributed by atoms with E-state index in [2.05, 4.69) is 5.32 Å². The average molecular weight is 248 g/mol. The van der Waals surface area contributed by atoms with Gasteiger partial charge in [-0.25, -0.2) is 0 Å². The summed E-state index contributed by atoms with van der Waals surface area (Å²) in [5.41, 5.74) is 6.95. The summed E-state index contributed by atoms with van der Waals surface area (Å²) in [7, 11) is 0. The van der Waals surface area contributed by atoms with Crippen LogP contribution in [0.2, 0.25) is 0 Å². The number of hydrogen-bond donors (Lipinski definition) is 2. The van der Waals surface area contributed by atoms with E-state index in [9.17, 15) is 4.79 Å². The second kappa shape index (κ2) is 5.40. The molecule has 98 valence electrons. The fourth-order valence-corrected chi connectivity index (χ4v) is 2.06. The fourth-order valence-electron chi connectivity index (χ4n) is 2.06. The summed E-state index contributed by atoms with van der Waals surface area (Å²) in [5.74, 6) is 0.928. The molecule has 1 aromatic carbocycles. The van der Waals surface area contributed by atoms with Crippen molar-refractivity contribution in [2.24, 2.45) is 11.7 Å². The van der Waals surface area contributed by atoms with E-state index in [1.807, 2.05) is 38.1 Å². The zero-order valence-corrected chi connectivity index (χ0v) is 10.8. The van der Waals surface area contributed by atoms with Crippen LogP contribution in [-0.2, 0) is 4.79 Å². The van der Waals surface area contributed by atoms with Gasteiger partial charge in [0.15, 0.2) is 0 Å². The second-order valence-electron chi connectivity index (χ2n) is 4.82. The fraction of sp³-hybridized carbons (Fsp3) is 0.500. The molecule has 0 saturated heterocycles. The number of amides is 1. The number of rotatable bonds is 4. The Hall–Kier alpha value is -1.55. The Labute approximate surface area is 108 Å². The van der Waals surface area contributed by atoms with Crippen molar-refractivity contribution in [2.75, 3.05) is 6.61 Å². The lowest BCUT2D eigenvalue weighted by molar-refractivity contribution is -0.124. The van der Waals surface area contributed by atoms with Crippen LogP contribution in [0.15, 0.2) is 24.3 Å². The summed E-state index contributed by atoms with van der Waals surface area (Å²) >= 11 is 0. The molecule has 0 saturated carbocycles. The molecule has 3 atom stereocenters. The largest absolute Gasteiger partial charge is 0.491 e. The molecule has 3 N–H and O–H groups in total. The first kappa shape index (κ1) is 12.9.